The second-order valence-corrected chi connectivity index (χ2v) is 7.73. The molecule has 0 aliphatic carbocycles. The number of nitrogens with zero attached hydrogens (tertiary/aromatic N) is 1. The minimum Gasteiger partial charge on any atom is -0.490 e. The smallest absolute Gasteiger partial charge is 0.315 e. The van der Waals surface area contributed by atoms with Gasteiger partial charge in [-0.3, -0.25) is 0 Å². The molecule has 3 aliphatic heterocycles. The van der Waals surface area contributed by atoms with Gasteiger partial charge in [-0.1, -0.05) is 12.5 Å². The normalized spacial score (nSPS) is 28.1. The molecule has 3 heterocycles. The van der Waals surface area contributed by atoms with Crippen molar-refractivity contribution in [3.63, 3.8) is 0 Å². The molecule has 6 nitrogen and oxygen atoms in total. The maximum Gasteiger partial charge on any atom is 0.315 e. The van der Waals surface area contributed by atoms with Gasteiger partial charge in [-0.2, -0.15) is 0 Å². The standard InChI is InChI=1S/C20H29N3O3/c1-23-16-4-2-5-17(23)12-15(11-16)22-20(24)21-13-14-6-7-18-19(10-14)26-9-3-8-25-18/h6-7,10,15-17H,2-5,8-9,11-13H2,1H3,(H2,21,22,24). The van der Waals surface area contributed by atoms with Crippen molar-refractivity contribution in [2.24, 2.45) is 0 Å². The van der Waals surface area contributed by atoms with Crippen LogP contribution in [0.25, 0.3) is 0 Å². The Balaban J connectivity index is 1.28. The molecule has 1 aromatic rings. The van der Waals surface area contributed by atoms with Crippen LogP contribution in [0.2, 0.25) is 0 Å². The Hall–Kier alpha value is -1.95. The molecule has 2 saturated heterocycles. The van der Waals surface area contributed by atoms with E-state index in [0.29, 0.717) is 31.8 Å². The number of hydrogen-bond donors (Lipinski definition) is 2. The van der Waals surface area contributed by atoms with E-state index in [-0.39, 0.29) is 12.1 Å². The molecule has 2 fully saturated rings. The SMILES string of the molecule is CN1C2CCCC1CC(NC(=O)NCc1ccc3c(c1)OCCCO3)C2. The minimum absolute atomic E-state index is 0.0789. The average Bonchev–Trinajstić information content (AvgIpc) is 2.86. The van der Waals surface area contributed by atoms with Gasteiger partial charge in [-0.25, -0.2) is 4.79 Å². The molecule has 2 amide bonds. The van der Waals surface area contributed by atoms with Gasteiger partial charge < -0.3 is 25.0 Å². The van der Waals surface area contributed by atoms with Crippen LogP contribution in [0.3, 0.4) is 0 Å². The van der Waals surface area contributed by atoms with Crippen molar-refractivity contribution in [1.82, 2.24) is 15.5 Å². The number of fused-ring (bicyclic) bond motifs is 3. The molecular formula is C20H29N3O3. The summed E-state index contributed by atoms with van der Waals surface area (Å²) in [7, 11) is 2.23. The number of urea groups is 1. The summed E-state index contributed by atoms with van der Waals surface area (Å²) in [6.07, 6.45) is 6.84. The van der Waals surface area contributed by atoms with E-state index in [1.54, 1.807) is 0 Å². The minimum atomic E-state index is -0.0789. The number of carbonyl (C=O) groups excluding carboxylic acids is 1. The van der Waals surface area contributed by atoms with E-state index in [2.05, 4.69) is 22.6 Å². The van der Waals surface area contributed by atoms with Crippen LogP contribution in [0.15, 0.2) is 18.2 Å². The zero-order valence-electron chi connectivity index (χ0n) is 15.5. The van der Waals surface area contributed by atoms with Gasteiger partial charge >= 0.3 is 6.03 Å². The van der Waals surface area contributed by atoms with Crippen LogP contribution in [-0.2, 0) is 6.54 Å². The highest BCUT2D eigenvalue weighted by Gasteiger charge is 2.36. The number of amides is 2. The predicted octanol–water partition coefficient (Wildman–Crippen LogP) is 2.66. The van der Waals surface area contributed by atoms with Crippen molar-refractivity contribution in [3.8, 4) is 11.5 Å². The van der Waals surface area contributed by atoms with E-state index in [4.69, 9.17) is 9.47 Å². The van der Waals surface area contributed by atoms with Gasteiger partial charge in [-0.15, -0.1) is 0 Å². The molecular weight excluding hydrogens is 330 g/mol. The van der Waals surface area contributed by atoms with E-state index >= 15 is 0 Å². The quantitative estimate of drug-likeness (QED) is 0.871. The lowest BCUT2D eigenvalue weighted by atomic mass is 9.82. The van der Waals surface area contributed by atoms with Crippen LogP contribution in [0, 0.1) is 0 Å². The highest BCUT2D eigenvalue weighted by atomic mass is 16.5. The fraction of sp³-hybridized carbons (Fsp3) is 0.650. The highest BCUT2D eigenvalue weighted by Crippen LogP contribution is 2.33. The monoisotopic (exact) mass is 359 g/mol. The summed E-state index contributed by atoms with van der Waals surface area (Å²) in [6, 6.07) is 7.31. The number of benzene rings is 1. The van der Waals surface area contributed by atoms with Crippen molar-refractivity contribution in [3.05, 3.63) is 23.8 Å². The molecule has 4 rings (SSSR count). The van der Waals surface area contributed by atoms with Gasteiger partial charge in [0.05, 0.1) is 13.2 Å². The summed E-state index contributed by atoms with van der Waals surface area (Å²) >= 11 is 0. The summed E-state index contributed by atoms with van der Waals surface area (Å²) in [5.41, 5.74) is 1.02. The van der Waals surface area contributed by atoms with Crippen molar-refractivity contribution < 1.29 is 14.3 Å². The van der Waals surface area contributed by atoms with Gasteiger partial charge in [0, 0.05) is 31.1 Å². The third-order valence-corrected chi connectivity index (χ3v) is 5.94. The van der Waals surface area contributed by atoms with E-state index < -0.39 is 0 Å². The molecule has 142 valence electrons. The average molecular weight is 359 g/mol. The van der Waals surface area contributed by atoms with Crippen molar-refractivity contribution in [2.45, 2.75) is 63.2 Å². The van der Waals surface area contributed by atoms with Gasteiger partial charge in [0.15, 0.2) is 11.5 Å². The molecule has 26 heavy (non-hydrogen) atoms. The predicted molar refractivity (Wildman–Crippen MR) is 99.6 cm³/mol. The second-order valence-electron chi connectivity index (χ2n) is 7.73. The topological polar surface area (TPSA) is 62.8 Å². The fourth-order valence-electron chi connectivity index (χ4n) is 4.47. The van der Waals surface area contributed by atoms with Crippen LogP contribution in [0.4, 0.5) is 4.79 Å². The van der Waals surface area contributed by atoms with Crippen LogP contribution in [0.5, 0.6) is 11.5 Å². The van der Waals surface area contributed by atoms with Gasteiger partial charge in [0.2, 0.25) is 0 Å². The van der Waals surface area contributed by atoms with Crippen LogP contribution < -0.4 is 20.1 Å². The van der Waals surface area contributed by atoms with Gasteiger partial charge in [0.1, 0.15) is 0 Å². The maximum absolute atomic E-state index is 12.3. The molecule has 2 bridgehead atoms. The third kappa shape index (κ3) is 3.90. The molecule has 0 radical (unpaired) electrons. The maximum atomic E-state index is 12.3. The number of ether oxygens (including phenoxy) is 2. The number of rotatable bonds is 3. The number of piperidine rings is 2. The second kappa shape index (κ2) is 7.74. The van der Waals surface area contributed by atoms with E-state index in [1.807, 2.05) is 18.2 Å². The number of carbonyl (C=O) groups is 1. The van der Waals surface area contributed by atoms with E-state index in [0.717, 1.165) is 36.3 Å². The summed E-state index contributed by atoms with van der Waals surface area (Å²) in [5, 5.41) is 6.16. The Morgan fingerprint density at radius 3 is 2.62 bits per heavy atom. The first kappa shape index (κ1) is 17.5. The Bertz CT molecular complexity index is 637. The lowest BCUT2D eigenvalue weighted by Crippen LogP contribution is -2.56. The van der Waals surface area contributed by atoms with Crippen LogP contribution in [-0.4, -0.2) is 49.3 Å². The Labute approximate surface area is 155 Å². The molecule has 0 aromatic heterocycles. The third-order valence-electron chi connectivity index (χ3n) is 5.94. The van der Waals surface area contributed by atoms with Crippen LogP contribution in [0.1, 0.15) is 44.1 Å². The summed E-state index contributed by atoms with van der Waals surface area (Å²) in [5.74, 6) is 1.55. The fourth-order valence-corrected chi connectivity index (χ4v) is 4.47. The molecule has 3 aliphatic rings. The summed E-state index contributed by atoms with van der Waals surface area (Å²) in [4.78, 5) is 14.8. The summed E-state index contributed by atoms with van der Waals surface area (Å²) in [6.45, 7) is 1.84. The molecule has 2 unspecified atom stereocenters. The summed E-state index contributed by atoms with van der Waals surface area (Å²) < 4.78 is 11.4. The number of hydrogen-bond acceptors (Lipinski definition) is 4. The van der Waals surface area contributed by atoms with Crippen molar-refractivity contribution in [1.29, 1.82) is 0 Å². The molecule has 6 heteroatoms. The van der Waals surface area contributed by atoms with Crippen molar-refractivity contribution in [2.75, 3.05) is 20.3 Å². The molecule has 2 N–H and O–H groups in total. The van der Waals surface area contributed by atoms with E-state index in [9.17, 15) is 4.79 Å². The first-order chi connectivity index (χ1) is 12.7. The lowest BCUT2D eigenvalue weighted by molar-refractivity contribution is 0.0509. The zero-order chi connectivity index (χ0) is 17.9. The Morgan fingerprint density at radius 1 is 1.12 bits per heavy atom. The molecule has 1 aromatic carbocycles. The number of nitrogens with one attached hydrogen (secondary N) is 2. The Morgan fingerprint density at radius 2 is 1.85 bits per heavy atom. The zero-order valence-corrected chi connectivity index (χ0v) is 15.5. The Kier molecular flexibility index (Phi) is 5.20. The molecule has 2 atom stereocenters. The lowest BCUT2D eigenvalue weighted by Gasteiger charge is -2.47. The van der Waals surface area contributed by atoms with E-state index in [1.165, 1.54) is 19.3 Å². The van der Waals surface area contributed by atoms with Gasteiger partial charge in [0.25, 0.3) is 0 Å². The highest BCUT2D eigenvalue weighted by molar-refractivity contribution is 5.74. The van der Waals surface area contributed by atoms with Gasteiger partial charge in [-0.05, 0) is 50.4 Å². The largest absolute Gasteiger partial charge is 0.490 e. The van der Waals surface area contributed by atoms with Crippen molar-refractivity contribution >= 4 is 6.03 Å². The van der Waals surface area contributed by atoms with Crippen LogP contribution >= 0.6 is 0 Å². The first-order valence-corrected chi connectivity index (χ1v) is 9.84. The molecule has 0 saturated carbocycles. The molecule has 0 spiro atoms. The first-order valence-electron chi connectivity index (χ1n) is 9.84.